The van der Waals surface area contributed by atoms with Crippen molar-refractivity contribution in [2.75, 3.05) is 11.9 Å². The first kappa shape index (κ1) is 19.7. The largest absolute Gasteiger partial charge is 0.494 e. The molecule has 0 saturated heterocycles. The second-order valence-electron chi connectivity index (χ2n) is 5.42. The number of benzene rings is 2. The van der Waals surface area contributed by atoms with E-state index in [1.807, 2.05) is 37.3 Å². The van der Waals surface area contributed by atoms with Crippen LogP contribution in [0.25, 0.3) is 0 Å². The fourth-order valence-corrected chi connectivity index (χ4v) is 2.38. The van der Waals surface area contributed by atoms with Gasteiger partial charge in [0.15, 0.2) is 0 Å². The first-order valence-corrected chi connectivity index (χ1v) is 8.97. The van der Waals surface area contributed by atoms with Crippen molar-refractivity contribution in [1.29, 1.82) is 0 Å². The van der Waals surface area contributed by atoms with Gasteiger partial charge in [-0.1, -0.05) is 19.1 Å². The van der Waals surface area contributed by atoms with Crippen molar-refractivity contribution in [2.24, 2.45) is 5.10 Å². The summed E-state index contributed by atoms with van der Waals surface area (Å²) in [5.41, 5.74) is 3.76. The number of hydrazone groups is 1. The van der Waals surface area contributed by atoms with Crippen LogP contribution in [0.4, 0.5) is 5.69 Å². The molecule has 2 amide bonds. The van der Waals surface area contributed by atoms with Crippen LogP contribution in [0.3, 0.4) is 0 Å². The Morgan fingerprint density at radius 2 is 1.85 bits per heavy atom. The minimum absolute atomic E-state index is 0.317. The average molecular weight is 418 g/mol. The molecule has 0 unspecified atom stereocenters. The minimum atomic E-state index is -0.492. The van der Waals surface area contributed by atoms with Crippen LogP contribution in [0.1, 0.15) is 25.3 Å². The lowest BCUT2D eigenvalue weighted by Gasteiger charge is -2.06. The third-order valence-electron chi connectivity index (χ3n) is 3.22. The Balaban J connectivity index is 1.78. The van der Waals surface area contributed by atoms with Gasteiger partial charge in [-0.05, 0) is 64.3 Å². The number of halogens is 1. The van der Waals surface area contributed by atoms with Crippen molar-refractivity contribution in [2.45, 2.75) is 19.8 Å². The second kappa shape index (κ2) is 10.4. The molecule has 0 saturated carbocycles. The van der Waals surface area contributed by atoms with E-state index in [1.165, 1.54) is 6.21 Å². The van der Waals surface area contributed by atoms with Crippen molar-refractivity contribution in [3.63, 3.8) is 0 Å². The molecule has 7 heteroatoms. The third kappa shape index (κ3) is 6.68. The summed E-state index contributed by atoms with van der Waals surface area (Å²) in [6.07, 6.45) is 2.14. The molecule has 0 fully saturated rings. The summed E-state index contributed by atoms with van der Waals surface area (Å²) >= 11 is 3.33. The molecule has 26 heavy (non-hydrogen) atoms. The van der Waals surface area contributed by atoms with Gasteiger partial charge in [-0.3, -0.25) is 9.59 Å². The Hall–Kier alpha value is -2.67. The minimum Gasteiger partial charge on any atom is -0.494 e. The zero-order chi connectivity index (χ0) is 18.8. The SMILES string of the molecule is CCCOc1ccc(C=NNC(=O)CC(=O)Nc2ccccc2Br)cc1. The van der Waals surface area contributed by atoms with Crippen LogP contribution in [0, 0.1) is 0 Å². The number of amides is 2. The quantitative estimate of drug-likeness (QED) is 0.390. The second-order valence-corrected chi connectivity index (χ2v) is 6.27. The van der Waals surface area contributed by atoms with Crippen molar-refractivity contribution >= 4 is 39.6 Å². The van der Waals surface area contributed by atoms with Crippen LogP contribution in [-0.4, -0.2) is 24.6 Å². The molecule has 0 heterocycles. The van der Waals surface area contributed by atoms with E-state index >= 15 is 0 Å². The predicted molar refractivity (Wildman–Crippen MR) is 105 cm³/mol. The van der Waals surface area contributed by atoms with E-state index in [0.29, 0.717) is 12.3 Å². The highest BCUT2D eigenvalue weighted by Crippen LogP contribution is 2.21. The molecule has 2 aromatic carbocycles. The van der Waals surface area contributed by atoms with E-state index in [2.05, 4.69) is 31.8 Å². The van der Waals surface area contributed by atoms with Gasteiger partial charge in [0.1, 0.15) is 12.2 Å². The van der Waals surface area contributed by atoms with E-state index in [4.69, 9.17) is 4.74 Å². The molecule has 136 valence electrons. The predicted octanol–water partition coefficient (Wildman–Crippen LogP) is 3.72. The molecule has 0 spiro atoms. The fraction of sp³-hybridized carbons (Fsp3) is 0.211. The lowest BCUT2D eigenvalue weighted by molar-refractivity contribution is -0.126. The molecule has 0 bridgehead atoms. The summed E-state index contributed by atoms with van der Waals surface area (Å²) in [6, 6.07) is 14.5. The normalized spacial score (nSPS) is 10.5. The number of nitrogens with zero attached hydrogens (tertiary/aromatic N) is 1. The molecule has 0 aliphatic rings. The number of hydrogen-bond donors (Lipinski definition) is 2. The zero-order valence-corrected chi connectivity index (χ0v) is 16.0. The molecule has 0 radical (unpaired) electrons. The van der Waals surface area contributed by atoms with Gasteiger partial charge in [-0.15, -0.1) is 0 Å². The maximum atomic E-state index is 11.9. The Kier molecular flexibility index (Phi) is 7.82. The maximum absolute atomic E-state index is 11.9. The average Bonchev–Trinajstić information content (AvgIpc) is 2.63. The van der Waals surface area contributed by atoms with Gasteiger partial charge in [0.25, 0.3) is 0 Å². The Morgan fingerprint density at radius 1 is 1.12 bits per heavy atom. The Morgan fingerprint density at radius 3 is 2.54 bits per heavy atom. The van der Waals surface area contributed by atoms with E-state index < -0.39 is 11.8 Å². The van der Waals surface area contributed by atoms with Crippen LogP contribution >= 0.6 is 15.9 Å². The zero-order valence-electron chi connectivity index (χ0n) is 14.4. The lowest BCUT2D eigenvalue weighted by Crippen LogP contribution is -2.24. The number of carbonyl (C=O) groups is 2. The van der Waals surface area contributed by atoms with Gasteiger partial charge in [-0.25, -0.2) is 5.43 Å². The van der Waals surface area contributed by atoms with E-state index in [1.54, 1.807) is 18.2 Å². The molecule has 0 atom stereocenters. The highest BCUT2D eigenvalue weighted by Gasteiger charge is 2.10. The van der Waals surface area contributed by atoms with Gasteiger partial charge in [-0.2, -0.15) is 5.10 Å². The number of rotatable bonds is 8. The van der Waals surface area contributed by atoms with Gasteiger partial charge in [0, 0.05) is 4.47 Å². The van der Waals surface area contributed by atoms with Gasteiger partial charge >= 0.3 is 0 Å². The number of hydrogen-bond acceptors (Lipinski definition) is 4. The summed E-state index contributed by atoms with van der Waals surface area (Å²) in [5, 5.41) is 6.52. The summed E-state index contributed by atoms with van der Waals surface area (Å²) in [6.45, 7) is 2.72. The summed E-state index contributed by atoms with van der Waals surface area (Å²) < 4.78 is 6.24. The molecule has 0 aliphatic heterocycles. The standard InChI is InChI=1S/C19H20BrN3O3/c1-2-11-26-15-9-7-14(8-10-15)13-21-23-19(25)12-18(24)22-17-6-4-3-5-16(17)20/h3-10,13H,2,11-12H2,1H3,(H,22,24)(H,23,25). The van der Waals surface area contributed by atoms with Crippen LogP contribution in [-0.2, 0) is 9.59 Å². The first-order valence-electron chi connectivity index (χ1n) is 8.17. The third-order valence-corrected chi connectivity index (χ3v) is 3.92. The van der Waals surface area contributed by atoms with Crippen LogP contribution in [0.2, 0.25) is 0 Å². The van der Waals surface area contributed by atoms with Crippen molar-refractivity contribution in [3.8, 4) is 5.75 Å². The van der Waals surface area contributed by atoms with E-state index in [9.17, 15) is 9.59 Å². The molecule has 6 nitrogen and oxygen atoms in total. The molecular formula is C19H20BrN3O3. The summed E-state index contributed by atoms with van der Waals surface area (Å²) in [5.74, 6) is -0.118. The van der Waals surface area contributed by atoms with Gasteiger partial charge in [0.2, 0.25) is 11.8 Å². The molecule has 2 aromatic rings. The molecule has 2 rings (SSSR count). The van der Waals surface area contributed by atoms with Crippen molar-refractivity contribution in [3.05, 3.63) is 58.6 Å². The van der Waals surface area contributed by atoms with Crippen molar-refractivity contribution in [1.82, 2.24) is 5.43 Å². The van der Waals surface area contributed by atoms with Crippen LogP contribution in [0.5, 0.6) is 5.75 Å². The van der Waals surface area contributed by atoms with Crippen LogP contribution < -0.4 is 15.5 Å². The molecule has 2 N–H and O–H groups in total. The van der Waals surface area contributed by atoms with Gasteiger partial charge in [0.05, 0.1) is 18.5 Å². The summed E-state index contributed by atoms with van der Waals surface area (Å²) in [4.78, 5) is 23.6. The van der Waals surface area contributed by atoms with Crippen LogP contribution in [0.15, 0.2) is 58.1 Å². The van der Waals surface area contributed by atoms with E-state index in [0.717, 1.165) is 22.2 Å². The lowest BCUT2D eigenvalue weighted by atomic mass is 10.2. The Labute approximate surface area is 160 Å². The van der Waals surface area contributed by atoms with Crippen molar-refractivity contribution < 1.29 is 14.3 Å². The molecule has 0 aromatic heterocycles. The number of para-hydroxylation sites is 1. The highest BCUT2D eigenvalue weighted by molar-refractivity contribution is 9.10. The summed E-state index contributed by atoms with van der Waals surface area (Å²) in [7, 11) is 0. The smallest absolute Gasteiger partial charge is 0.249 e. The first-order chi connectivity index (χ1) is 12.6. The van der Waals surface area contributed by atoms with Gasteiger partial charge < -0.3 is 10.1 Å². The Bertz CT molecular complexity index is 776. The van der Waals surface area contributed by atoms with E-state index in [-0.39, 0.29) is 6.42 Å². The highest BCUT2D eigenvalue weighted by atomic mass is 79.9. The topological polar surface area (TPSA) is 79.8 Å². The number of ether oxygens (including phenoxy) is 1. The fourth-order valence-electron chi connectivity index (χ4n) is 1.99. The number of nitrogens with one attached hydrogen (secondary N) is 2. The molecular weight excluding hydrogens is 398 g/mol. The molecule has 0 aliphatic carbocycles. The number of carbonyl (C=O) groups excluding carboxylic acids is 2. The maximum Gasteiger partial charge on any atom is 0.249 e. The monoisotopic (exact) mass is 417 g/mol. The number of anilines is 1.